The number of ether oxygens (including phenoxy) is 2. The number of likely N-dealkylation sites (N-methyl/N-ethyl adjacent to an activating group) is 1. The van der Waals surface area contributed by atoms with Gasteiger partial charge in [0.05, 0.1) is 18.1 Å². The lowest BCUT2D eigenvalue weighted by molar-refractivity contribution is -0.142. The molecule has 2 amide bonds. The van der Waals surface area contributed by atoms with Crippen molar-refractivity contribution in [3.05, 3.63) is 96.1 Å². The monoisotopic (exact) mass is 551 g/mol. The second kappa shape index (κ2) is 13.4. The minimum Gasteiger partial charge on any atom is -0.484 e. The van der Waals surface area contributed by atoms with E-state index in [4.69, 9.17) is 9.47 Å². The van der Waals surface area contributed by atoms with Gasteiger partial charge >= 0.3 is 0 Å². The van der Waals surface area contributed by atoms with Crippen molar-refractivity contribution in [2.75, 3.05) is 40.0 Å². The van der Waals surface area contributed by atoms with Crippen molar-refractivity contribution in [3.63, 3.8) is 0 Å². The van der Waals surface area contributed by atoms with Gasteiger partial charge in [-0.1, -0.05) is 60.7 Å². The fraction of sp³-hybridized carbons (Fsp3) is 0.310. The number of benzene rings is 3. The summed E-state index contributed by atoms with van der Waals surface area (Å²) in [6.45, 7) is 1.26. The molecule has 0 bridgehead atoms. The van der Waals surface area contributed by atoms with Crippen molar-refractivity contribution >= 4 is 21.8 Å². The maximum Gasteiger partial charge on any atom is 0.261 e. The number of hydrogen-bond donors (Lipinski definition) is 1. The van der Waals surface area contributed by atoms with Gasteiger partial charge in [0.2, 0.25) is 15.9 Å². The van der Waals surface area contributed by atoms with E-state index >= 15 is 0 Å². The Labute approximate surface area is 229 Å². The van der Waals surface area contributed by atoms with Crippen LogP contribution >= 0.6 is 0 Å². The average molecular weight is 552 g/mol. The van der Waals surface area contributed by atoms with E-state index in [2.05, 4.69) is 5.32 Å². The van der Waals surface area contributed by atoms with Crippen LogP contribution in [0.15, 0.2) is 89.8 Å². The van der Waals surface area contributed by atoms with Gasteiger partial charge in [0.15, 0.2) is 6.61 Å². The quantitative estimate of drug-likeness (QED) is 0.393. The first kappa shape index (κ1) is 28.3. The molecule has 9 nitrogen and oxygen atoms in total. The normalized spacial score (nSPS) is 14.8. The summed E-state index contributed by atoms with van der Waals surface area (Å²) >= 11 is 0. The molecule has 0 spiro atoms. The summed E-state index contributed by atoms with van der Waals surface area (Å²) in [5, 5.41) is 2.69. The number of carbonyl (C=O) groups is 2. The fourth-order valence-corrected chi connectivity index (χ4v) is 5.78. The van der Waals surface area contributed by atoms with E-state index in [1.165, 1.54) is 33.5 Å². The van der Waals surface area contributed by atoms with Crippen molar-refractivity contribution in [1.29, 1.82) is 0 Å². The first-order valence-corrected chi connectivity index (χ1v) is 14.2. The van der Waals surface area contributed by atoms with Crippen molar-refractivity contribution in [1.82, 2.24) is 14.5 Å². The molecular formula is C29H33N3O6S. The molecule has 1 aliphatic heterocycles. The Hall–Kier alpha value is -3.73. The zero-order chi connectivity index (χ0) is 27.7. The molecule has 206 valence electrons. The van der Waals surface area contributed by atoms with Crippen LogP contribution in [0.2, 0.25) is 0 Å². The molecule has 39 heavy (non-hydrogen) atoms. The van der Waals surface area contributed by atoms with E-state index in [9.17, 15) is 18.0 Å². The number of sulfonamides is 1. The molecule has 1 N–H and O–H groups in total. The zero-order valence-corrected chi connectivity index (χ0v) is 22.7. The molecule has 1 saturated heterocycles. The molecule has 10 heteroatoms. The van der Waals surface area contributed by atoms with Gasteiger partial charge in [-0.25, -0.2) is 8.42 Å². The van der Waals surface area contributed by atoms with E-state index in [1.54, 1.807) is 7.05 Å². The van der Waals surface area contributed by atoms with Gasteiger partial charge in [0.25, 0.3) is 5.91 Å². The average Bonchev–Trinajstić information content (AvgIpc) is 2.99. The first-order valence-electron chi connectivity index (χ1n) is 12.8. The van der Waals surface area contributed by atoms with Crippen molar-refractivity contribution in [2.24, 2.45) is 0 Å². The molecule has 0 aliphatic carbocycles. The SMILES string of the molecule is CNC(=O)[C@H](Cc1ccccc1)N(Cc1ccccc1)C(=O)COc1ccc(S(=O)(=O)N2CCOCC2)cc1. The molecule has 1 aliphatic rings. The highest BCUT2D eigenvalue weighted by molar-refractivity contribution is 7.89. The zero-order valence-electron chi connectivity index (χ0n) is 21.9. The molecule has 1 fully saturated rings. The number of amides is 2. The van der Waals surface area contributed by atoms with E-state index in [-0.39, 0.29) is 29.9 Å². The highest BCUT2D eigenvalue weighted by Crippen LogP contribution is 2.21. The molecule has 4 rings (SSSR count). The summed E-state index contributed by atoms with van der Waals surface area (Å²) < 4.78 is 38.2. The van der Waals surface area contributed by atoms with Crippen LogP contribution in [0.25, 0.3) is 0 Å². The van der Waals surface area contributed by atoms with Crippen LogP contribution in [0.3, 0.4) is 0 Å². The van der Waals surface area contributed by atoms with Gasteiger partial charge in [-0.2, -0.15) is 4.31 Å². The Balaban J connectivity index is 1.50. The van der Waals surface area contributed by atoms with Crippen LogP contribution in [0.5, 0.6) is 5.75 Å². The van der Waals surface area contributed by atoms with Crippen molar-refractivity contribution in [2.45, 2.75) is 23.9 Å². The van der Waals surface area contributed by atoms with E-state index < -0.39 is 16.1 Å². The fourth-order valence-electron chi connectivity index (χ4n) is 4.37. The number of carbonyl (C=O) groups excluding carboxylic acids is 2. The Morgan fingerprint density at radius 2 is 1.51 bits per heavy atom. The molecule has 0 radical (unpaired) electrons. The molecule has 0 saturated carbocycles. The molecule has 3 aromatic carbocycles. The number of nitrogens with one attached hydrogen (secondary N) is 1. The second-order valence-electron chi connectivity index (χ2n) is 9.10. The Morgan fingerprint density at radius 3 is 2.10 bits per heavy atom. The summed E-state index contributed by atoms with van der Waals surface area (Å²) in [6.07, 6.45) is 0.340. The van der Waals surface area contributed by atoms with Crippen molar-refractivity contribution in [3.8, 4) is 5.75 Å². The van der Waals surface area contributed by atoms with Gasteiger partial charge in [0, 0.05) is 33.1 Å². The second-order valence-corrected chi connectivity index (χ2v) is 11.0. The van der Waals surface area contributed by atoms with Gasteiger partial charge < -0.3 is 19.7 Å². The minimum atomic E-state index is -3.63. The largest absolute Gasteiger partial charge is 0.484 e. The van der Waals surface area contributed by atoms with Gasteiger partial charge in [-0.3, -0.25) is 9.59 Å². The summed E-state index contributed by atoms with van der Waals surface area (Å²) in [5.74, 6) is -0.294. The maximum atomic E-state index is 13.5. The smallest absolute Gasteiger partial charge is 0.261 e. The number of morpholine rings is 1. The Bertz CT molecular complexity index is 1330. The van der Waals surface area contributed by atoms with Crippen LogP contribution in [-0.4, -0.2) is 75.4 Å². The molecular weight excluding hydrogens is 518 g/mol. The highest BCUT2D eigenvalue weighted by Gasteiger charge is 2.30. The molecule has 0 aromatic heterocycles. The third-order valence-corrected chi connectivity index (χ3v) is 8.42. The number of nitrogens with zero attached hydrogens (tertiary/aromatic N) is 2. The highest BCUT2D eigenvalue weighted by atomic mass is 32.2. The van der Waals surface area contributed by atoms with E-state index in [0.717, 1.165) is 11.1 Å². The van der Waals surface area contributed by atoms with Gasteiger partial charge in [-0.15, -0.1) is 0 Å². The third kappa shape index (κ3) is 7.44. The minimum absolute atomic E-state index is 0.149. The standard InChI is InChI=1S/C29H33N3O6S/c1-30-29(34)27(20-23-8-4-2-5-9-23)32(21-24-10-6-3-7-11-24)28(33)22-38-25-12-14-26(15-13-25)39(35,36)31-16-18-37-19-17-31/h2-15,27H,16-22H2,1H3,(H,30,34)/t27-/m0/s1. The third-order valence-electron chi connectivity index (χ3n) is 6.51. The lowest BCUT2D eigenvalue weighted by Gasteiger charge is -2.31. The van der Waals surface area contributed by atoms with E-state index in [0.29, 0.717) is 38.5 Å². The lowest BCUT2D eigenvalue weighted by atomic mass is 10.0. The lowest BCUT2D eigenvalue weighted by Crippen LogP contribution is -2.51. The molecule has 1 atom stereocenters. The molecule has 0 unspecified atom stereocenters. The summed E-state index contributed by atoms with van der Waals surface area (Å²) in [4.78, 5) is 28.2. The van der Waals surface area contributed by atoms with Crippen LogP contribution in [0, 0.1) is 0 Å². The van der Waals surface area contributed by atoms with Gasteiger partial charge in [0.1, 0.15) is 11.8 Å². The summed E-state index contributed by atoms with van der Waals surface area (Å²) in [6, 6.07) is 24.2. The van der Waals surface area contributed by atoms with Crippen molar-refractivity contribution < 1.29 is 27.5 Å². The van der Waals surface area contributed by atoms with Crippen LogP contribution < -0.4 is 10.1 Å². The molecule has 1 heterocycles. The number of hydrogen-bond acceptors (Lipinski definition) is 6. The van der Waals surface area contributed by atoms with Crippen LogP contribution in [-0.2, 0) is 37.3 Å². The van der Waals surface area contributed by atoms with Crippen LogP contribution in [0.1, 0.15) is 11.1 Å². The predicted molar refractivity (Wildman–Crippen MR) is 147 cm³/mol. The Kier molecular flexibility index (Phi) is 9.69. The summed E-state index contributed by atoms with van der Waals surface area (Å²) in [7, 11) is -2.08. The Morgan fingerprint density at radius 1 is 0.923 bits per heavy atom. The molecule has 3 aromatic rings. The number of rotatable bonds is 11. The van der Waals surface area contributed by atoms with Gasteiger partial charge in [-0.05, 0) is 35.4 Å². The first-order chi connectivity index (χ1) is 18.9. The predicted octanol–water partition coefficient (Wildman–Crippen LogP) is 2.47. The van der Waals surface area contributed by atoms with E-state index in [1.807, 2.05) is 60.7 Å². The van der Waals surface area contributed by atoms with Crippen LogP contribution in [0.4, 0.5) is 0 Å². The topological polar surface area (TPSA) is 105 Å². The maximum absolute atomic E-state index is 13.5. The summed E-state index contributed by atoms with van der Waals surface area (Å²) in [5.41, 5.74) is 1.81.